The molecular weight excluding hydrogens is 480 g/mol. The molecule has 5 heteroatoms. The van der Waals surface area contributed by atoms with E-state index in [0.29, 0.717) is 0 Å². The minimum atomic E-state index is -4.37. The zero-order chi connectivity index (χ0) is 27.3. The minimum absolute atomic E-state index is 0.0473. The highest BCUT2D eigenvalue weighted by atomic mass is 32.3. The van der Waals surface area contributed by atoms with Crippen LogP contribution >= 0.6 is 0 Å². The predicted molar refractivity (Wildman–Crippen MR) is 162 cm³/mol. The van der Waals surface area contributed by atoms with Gasteiger partial charge in [0.15, 0.2) is 0 Å². The fourth-order valence-electron chi connectivity index (χ4n) is 5.05. The third-order valence-corrected chi connectivity index (χ3v) is 7.93. The molecule has 222 valence electrons. The molecule has 0 amide bonds. The molecule has 0 saturated carbocycles. The van der Waals surface area contributed by atoms with Gasteiger partial charge < -0.3 is 0 Å². The summed E-state index contributed by atoms with van der Waals surface area (Å²) in [5.74, 6) is 0.0578. The van der Waals surface area contributed by atoms with Crippen LogP contribution in [0.25, 0.3) is 0 Å². The molecule has 4 nitrogen and oxygen atoms in total. The van der Waals surface area contributed by atoms with Crippen molar-refractivity contribution < 1.29 is 17.2 Å². The molecule has 37 heavy (non-hydrogen) atoms. The van der Waals surface area contributed by atoms with E-state index >= 15 is 0 Å². The second-order valence-electron chi connectivity index (χ2n) is 11.3. The molecule has 0 aromatic carbocycles. The molecular formula is C32H64O4S. The van der Waals surface area contributed by atoms with Crippen molar-refractivity contribution >= 4 is 10.4 Å². The van der Waals surface area contributed by atoms with E-state index in [1.807, 2.05) is 0 Å². The first-order valence-corrected chi connectivity index (χ1v) is 17.6. The van der Waals surface area contributed by atoms with Gasteiger partial charge in [0, 0.05) is 5.92 Å². The van der Waals surface area contributed by atoms with Crippen molar-refractivity contribution in [3.05, 3.63) is 12.2 Å². The summed E-state index contributed by atoms with van der Waals surface area (Å²) in [6.45, 7) is 4.58. The van der Waals surface area contributed by atoms with Crippen molar-refractivity contribution in [2.75, 3.05) is 6.61 Å². The lowest BCUT2D eigenvalue weighted by atomic mass is 9.99. The maximum atomic E-state index is 11.0. The highest BCUT2D eigenvalue weighted by Gasteiger charge is 2.11. The van der Waals surface area contributed by atoms with E-state index in [4.69, 9.17) is 8.74 Å². The molecule has 0 bridgehead atoms. The van der Waals surface area contributed by atoms with Crippen LogP contribution < -0.4 is 0 Å². The van der Waals surface area contributed by atoms with Gasteiger partial charge in [0.1, 0.15) is 0 Å². The number of unbranched alkanes of at least 4 members (excludes halogenated alkanes) is 23. The van der Waals surface area contributed by atoms with Gasteiger partial charge in [-0.15, -0.1) is 0 Å². The van der Waals surface area contributed by atoms with Crippen LogP contribution in [-0.2, 0) is 14.6 Å². The summed E-state index contributed by atoms with van der Waals surface area (Å²) in [6.07, 6.45) is 38.3. The van der Waals surface area contributed by atoms with Gasteiger partial charge in [0.2, 0.25) is 0 Å². The Morgan fingerprint density at radius 3 is 1.30 bits per heavy atom. The molecule has 0 aliphatic carbocycles. The van der Waals surface area contributed by atoms with E-state index in [9.17, 15) is 8.42 Å². The van der Waals surface area contributed by atoms with Gasteiger partial charge in [-0.2, -0.15) is 8.42 Å². The molecule has 0 aromatic heterocycles. The average molecular weight is 545 g/mol. The Morgan fingerprint density at radius 2 is 0.919 bits per heavy atom. The first-order valence-electron chi connectivity index (χ1n) is 16.3. The Kier molecular flexibility index (Phi) is 28.3. The highest BCUT2D eigenvalue weighted by molar-refractivity contribution is 7.80. The molecule has 1 N–H and O–H groups in total. The Bertz CT molecular complexity index is 573. The predicted octanol–water partition coefficient (Wildman–Crippen LogP) is 11.2. The van der Waals surface area contributed by atoms with Crippen molar-refractivity contribution in [2.24, 2.45) is 5.92 Å². The van der Waals surface area contributed by atoms with Crippen LogP contribution in [0.1, 0.15) is 181 Å². The van der Waals surface area contributed by atoms with E-state index in [1.165, 1.54) is 148 Å². The standard InChI is InChI=1S/C32H64O4S/c1-3-5-7-9-11-13-15-16-17-18-20-22-24-26-28-30-32(31-36-37(33,34)35)29-27-25-23-21-19-14-12-10-8-6-4-2/h27,29,32H,3-26,28,30-31H2,1-2H3,(H,33,34,35)/b29-27+. The lowest BCUT2D eigenvalue weighted by Gasteiger charge is -2.12. The maximum Gasteiger partial charge on any atom is 0.397 e. The molecule has 0 saturated heterocycles. The Balaban J connectivity index is 3.78. The minimum Gasteiger partial charge on any atom is -0.264 e. The monoisotopic (exact) mass is 544 g/mol. The smallest absolute Gasteiger partial charge is 0.264 e. The van der Waals surface area contributed by atoms with E-state index in [-0.39, 0.29) is 12.5 Å². The van der Waals surface area contributed by atoms with Crippen molar-refractivity contribution in [2.45, 2.75) is 181 Å². The van der Waals surface area contributed by atoms with Crippen LogP contribution in [0.15, 0.2) is 12.2 Å². The second kappa shape index (κ2) is 28.6. The molecule has 0 aromatic rings. The molecule has 0 rings (SSSR count). The van der Waals surface area contributed by atoms with Gasteiger partial charge in [-0.3, -0.25) is 4.55 Å². The maximum absolute atomic E-state index is 11.0. The summed E-state index contributed by atoms with van der Waals surface area (Å²) in [6, 6.07) is 0. The lowest BCUT2D eigenvalue weighted by Crippen LogP contribution is -2.12. The van der Waals surface area contributed by atoms with Gasteiger partial charge in [-0.05, 0) is 19.3 Å². The third kappa shape index (κ3) is 31.7. The molecule has 1 unspecified atom stereocenters. The van der Waals surface area contributed by atoms with Crippen LogP contribution in [0, 0.1) is 5.92 Å². The molecule has 0 fully saturated rings. The van der Waals surface area contributed by atoms with Crippen molar-refractivity contribution in [3.63, 3.8) is 0 Å². The van der Waals surface area contributed by atoms with Crippen molar-refractivity contribution in [1.82, 2.24) is 0 Å². The largest absolute Gasteiger partial charge is 0.397 e. The van der Waals surface area contributed by atoms with E-state index in [0.717, 1.165) is 19.3 Å². The van der Waals surface area contributed by atoms with Crippen molar-refractivity contribution in [3.8, 4) is 0 Å². The summed E-state index contributed by atoms with van der Waals surface area (Å²) < 4.78 is 35.7. The fourth-order valence-corrected chi connectivity index (χ4v) is 5.39. The first kappa shape index (κ1) is 36.6. The summed E-state index contributed by atoms with van der Waals surface area (Å²) in [7, 11) is -4.37. The number of allylic oxidation sites excluding steroid dienone is 1. The van der Waals surface area contributed by atoms with E-state index in [1.54, 1.807) is 0 Å². The lowest BCUT2D eigenvalue weighted by molar-refractivity contribution is 0.234. The molecule has 0 spiro atoms. The zero-order valence-corrected chi connectivity index (χ0v) is 25.7. The van der Waals surface area contributed by atoms with E-state index < -0.39 is 10.4 Å². The summed E-state index contributed by atoms with van der Waals surface area (Å²) in [4.78, 5) is 0. The van der Waals surface area contributed by atoms with Crippen LogP contribution in [0.3, 0.4) is 0 Å². The first-order chi connectivity index (χ1) is 18.0. The van der Waals surface area contributed by atoms with Crippen LogP contribution in [0.4, 0.5) is 0 Å². The normalized spacial score (nSPS) is 13.1. The summed E-state index contributed by atoms with van der Waals surface area (Å²) in [5, 5.41) is 0. The second-order valence-corrected chi connectivity index (χ2v) is 12.3. The Morgan fingerprint density at radius 1 is 0.568 bits per heavy atom. The van der Waals surface area contributed by atoms with Gasteiger partial charge >= 0.3 is 10.4 Å². The van der Waals surface area contributed by atoms with Gasteiger partial charge in [0.25, 0.3) is 0 Å². The topological polar surface area (TPSA) is 63.6 Å². The molecule has 0 radical (unpaired) electrons. The number of hydrogen-bond acceptors (Lipinski definition) is 3. The van der Waals surface area contributed by atoms with Gasteiger partial charge in [0.05, 0.1) is 6.61 Å². The summed E-state index contributed by atoms with van der Waals surface area (Å²) in [5.41, 5.74) is 0. The van der Waals surface area contributed by atoms with Crippen LogP contribution in [0.5, 0.6) is 0 Å². The third-order valence-electron chi connectivity index (χ3n) is 7.49. The van der Waals surface area contributed by atoms with Gasteiger partial charge in [-0.25, -0.2) is 4.18 Å². The number of rotatable bonds is 30. The molecule has 0 heterocycles. The average Bonchev–Trinajstić information content (AvgIpc) is 2.87. The van der Waals surface area contributed by atoms with Crippen LogP contribution in [0.2, 0.25) is 0 Å². The van der Waals surface area contributed by atoms with Crippen LogP contribution in [-0.4, -0.2) is 19.6 Å². The Labute approximate surface area is 232 Å². The molecule has 1 atom stereocenters. The molecule has 0 aliphatic rings. The highest BCUT2D eigenvalue weighted by Crippen LogP contribution is 2.17. The zero-order valence-electron chi connectivity index (χ0n) is 24.9. The summed E-state index contributed by atoms with van der Waals surface area (Å²) >= 11 is 0. The fraction of sp³-hybridized carbons (Fsp3) is 0.938. The SMILES string of the molecule is CCCCCCCCCCC/C=C/C(CCCCCCCCCCCCCCCCC)COS(=O)(=O)O. The van der Waals surface area contributed by atoms with Gasteiger partial charge in [-0.1, -0.05) is 174 Å². The van der Waals surface area contributed by atoms with E-state index in [2.05, 4.69) is 26.0 Å². The quantitative estimate of drug-likeness (QED) is 0.0555. The van der Waals surface area contributed by atoms with Crippen molar-refractivity contribution in [1.29, 1.82) is 0 Å². The Hall–Kier alpha value is -0.390. The molecule has 0 aliphatic heterocycles. The number of hydrogen-bond donors (Lipinski definition) is 1.